The third kappa shape index (κ3) is 5.17. The molecular formula is C29H32N2O4. The van der Waals surface area contributed by atoms with Gasteiger partial charge in [-0.05, 0) is 74.9 Å². The van der Waals surface area contributed by atoms with Crippen molar-refractivity contribution in [3.8, 4) is 0 Å². The Morgan fingerprint density at radius 3 is 2.60 bits per heavy atom. The third-order valence-electron chi connectivity index (χ3n) is 7.34. The van der Waals surface area contributed by atoms with Crippen molar-refractivity contribution in [2.75, 3.05) is 19.6 Å². The van der Waals surface area contributed by atoms with Crippen LogP contribution in [0.5, 0.6) is 0 Å². The zero-order valence-corrected chi connectivity index (χ0v) is 20.4. The molecule has 1 fully saturated rings. The lowest BCUT2D eigenvalue weighted by molar-refractivity contribution is -0.120. The maximum Gasteiger partial charge on any atom is 0.340 e. The molecule has 4 aromatic rings. The summed E-state index contributed by atoms with van der Waals surface area (Å²) in [4.78, 5) is 27.8. The average molecular weight is 473 g/mol. The second-order valence-electron chi connectivity index (χ2n) is 9.78. The lowest BCUT2D eigenvalue weighted by atomic mass is 9.93. The molecule has 182 valence electrons. The number of hydrogen-bond donors (Lipinski definition) is 1. The van der Waals surface area contributed by atoms with Crippen LogP contribution in [0, 0.1) is 19.8 Å². The van der Waals surface area contributed by atoms with Gasteiger partial charge in [0.05, 0.1) is 18.2 Å². The van der Waals surface area contributed by atoms with Gasteiger partial charge in [-0.15, -0.1) is 0 Å². The Bertz CT molecular complexity index is 1400. The number of benzene rings is 2. The van der Waals surface area contributed by atoms with Crippen molar-refractivity contribution in [3.05, 3.63) is 81.4 Å². The molecule has 2 aromatic heterocycles. The second kappa shape index (κ2) is 10.1. The summed E-state index contributed by atoms with van der Waals surface area (Å²) in [5.41, 5.74) is 4.31. The highest BCUT2D eigenvalue weighted by Crippen LogP contribution is 2.29. The monoisotopic (exact) mass is 472 g/mol. The fraction of sp³-hybridized carbons (Fsp3) is 0.379. The minimum atomic E-state index is -0.460. The SMILES string of the molecule is Cc1coc2cc3oc(=O)c(CC(=O)NCCC4CCN(Cc5ccccc5)CC4)c(C)c3cc12. The van der Waals surface area contributed by atoms with E-state index < -0.39 is 5.63 Å². The number of furan rings is 1. The van der Waals surface area contributed by atoms with E-state index in [1.165, 1.54) is 5.56 Å². The summed E-state index contributed by atoms with van der Waals surface area (Å²) in [7, 11) is 0. The lowest BCUT2D eigenvalue weighted by Gasteiger charge is -2.32. The van der Waals surface area contributed by atoms with E-state index in [0.29, 0.717) is 29.2 Å². The van der Waals surface area contributed by atoms with E-state index in [1.54, 1.807) is 12.3 Å². The largest absolute Gasteiger partial charge is 0.464 e. The molecule has 5 rings (SSSR count). The number of nitrogens with one attached hydrogen (secondary N) is 1. The smallest absolute Gasteiger partial charge is 0.340 e. The zero-order valence-electron chi connectivity index (χ0n) is 20.4. The molecule has 1 N–H and O–H groups in total. The topological polar surface area (TPSA) is 75.7 Å². The molecule has 6 nitrogen and oxygen atoms in total. The van der Waals surface area contributed by atoms with Crippen LogP contribution < -0.4 is 10.9 Å². The van der Waals surface area contributed by atoms with Crippen LogP contribution in [0.15, 0.2) is 62.4 Å². The molecule has 3 heterocycles. The fourth-order valence-corrected chi connectivity index (χ4v) is 5.16. The Morgan fingerprint density at radius 1 is 1.06 bits per heavy atom. The van der Waals surface area contributed by atoms with Crippen molar-refractivity contribution in [1.82, 2.24) is 10.2 Å². The molecule has 2 aromatic carbocycles. The second-order valence-corrected chi connectivity index (χ2v) is 9.78. The highest BCUT2D eigenvalue weighted by molar-refractivity contribution is 5.96. The molecule has 1 aliphatic rings. The number of rotatable bonds is 7. The van der Waals surface area contributed by atoms with Crippen molar-refractivity contribution < 1.29 is 13.6 Å². The Kier molecular flexibility index (Phi) is 6.73. The van der Waals surface area contributed by atoms with Gasteiger partial charge in [0, 0.05) is 29.9 Å². The van der Waals surface area contributed by atoms with E-state index in [4.69, 9.17) is 8.83 Å². The first-order valence-electron chi connectivity index (χ1n) is 12.4. The quantitative estimate of drug-likeness (QED) is 0.378. The Hall–Kier alpha value is -3.38. The zero-order chi connectivity index (χ0) is 24.4. The molecule has 0 atom stereocenters. The van der Waals surface area contributed by atoms with Crippen molar-refractivity contribution in [2.24, 2.45) is 5.92 Å². The number of nitrogens with zero attached hydrogens (tertiary/aromatic N) is 1. The van der Waals surface area contributed by atoms with Crippen LogP contribution >= 0.6 is 0 Å². The van der Waals surface area contributed by atoms with Gasteiger partial charge in [-0.3, -0.25) is 9.69 Å². The summed E-state index contributed by atoms with van der Waals surface area (Å²) in [6.07, 6.45) is 4.99. The number of piperidine rings is 1. The number of fused-ring (bicyclic) bond motifs is 2. The van der Waals surface area contributed by atoms with E-state index in [2.05, 4.69) is 40.5 Å². The number of carbonyl (C=O) groups is 1. The molecule has 6 heteroatoms. The van der Waals surface area contributed by atoms with E-state index in [-0.39, 0.29) is 12.3 Å². The van der Waals surface area contributed by atoms with Crippen molar-refractivity contribution in [3.63, 3.8) is 0 Å². The van der Waals surface area contributed by atoms with Gasteiger partial charge in [0.15, 0.2) is 0 Å². The van der Waals surface area contributed by atoms with Crippen molar-refractivity contribution in [2.45, 2.75) is 46.1 Å². The molecule has 1 saturated heterocycles. The molecule has 0 unspecified atom stereocenters. The Labute approximate surface area is 204 Å². The van der Waals surface area contributed by atoms with E-state index in [0.717, 1.165) is 60.8 Å². The summed E-state index contributed by atoms with van der Waals surface area (Å²) in [5, 5.41) is 4.84. The van der Waals surface area contributed by atoms with Gasteiger partial charge in [-0.1, -0.05) is 30.3 Å². The molecule has 35 heavy (non-hydrogen) atoms. The van der Waals surface area contributed by atoms with Gasteiger partial charge in [0.2, 0.25) is 5.91 Å². The van der Waals surface area contributed by atoms with Gasteiger partial charge in [0.25, 0.3) is 0 Å². The van der Waals surface area contributed by atoms with Crippen LogP contribution in [-0.4, -0.2) is 30.4 Å². The molecule has 0 radical (unpaired) electrons. The normalized spacial score (nSPS) is 15.1. The molecule has 1 aliphatic heterocycles. The predicted molar refractivity (Wildman–Crippen MR) is 138 cm³/mol. The summed E-state index contributed by atoms with van der Waals surface area (Å²) in [5.74, 6) is 0.484. The third-order valence-corrected chi connectivity index (χ3v) is 7.34. The highest BCUT2D eigenvalue weighted by Gasteiger charge is 2.20. The molecule has 0 aliphatic carbocycles. The summed E-state index contributed by atoms with van der Waals surface area (Å²) in [6.45, 7) is 7.68. The van der Waals surface area contributed by atoms with Crippen LogP contribution in [-0.2, 0) is 17.8 Å². The maximum absolute atomic E-state index is 12.7. The number of hydrogen-bond acceptors (Lipinski definition) is 5. The summed E-state index contributed by atoms with van der Waals surface area (Å²) in [6, 6.07) is 14.3. The van der Waals surface area contributed by atoms with Gasteiger partial charge < -0.3 is 14.2 Å². The van der Waals surface area contributed by atoms with Crippen LogP contribution in [0.4, 0.5) is 0 Å². The highest BCUT2D eigenvalue weighted by atomic mass is 16.4. The maximum atomic E-state index is 12.7. The molecule has 1 amide bonds. The number of likely N-dealkylation sites (tertiary alicyclic amines) is 1. The van der Waals surface area contributed by atoms with Crippen LogP contribution in [0.25, 0.3) is 21.9 Å². The van der Waals surface area contributed by atoms with Crippen LogP contribution in [0.3, 0.4) is 0 Å². The number of carbonyl (C=O) groups excluding carboxylic acids is 1. The predicted octanol–water partition coefficient (Wildman–Crippen LogP) is 5.12. The van der Waals surface area contributed by atoms with Crippen molar-refractivity contribution >= 4 is 27.8 Å². The van der Waals surface area contributed by atoms with Crippen LogP contribution in [0.2, 0.25) is 0 Å². The van der Waals surface area contributed by atoms with Gasteiger partial charge in [0.1, 0.15) is 11.2 Å². The first-order valence-corrected chi connectivity index (χ1v) is 12.4. The first-order chi connectivity index (χ1) is 17.0. The van der Waals surface area contributed by atoms with E-state index in [1.807, 2.05) is 19.9 Å². The first kappa shape index (κ1) is 23.4. The Morgan fingerprint density at radius 2 is 1.83 bits per heavy atom. The summed E-state index contributed by atoms with van der Waals surface area (Å²) < 4.78 is 11.1. The van der Waals surface area contributed by atoms with E-state index >= 15 is 0 Å². The standard InChI is InChI=1S/C29H32N2O4/c1-19-18-34-26-16-27-24(14-23(19)26)20(2)25(29(33)35-27)15-28(32)30-11-8-21-9-12-31(13-10-21)17-22-6-4-3-5-7-22/h3-7,14,16,18,21H,8-13,15,17H2,1-2H3,(H,30,32). The molecule has 0 saturated carbocycles. The van der Waals surface area contributed by atoms with Gasteiger partial charge in [-0.25, -0.2) is 4.79 Å². The molecular weight excluding hydrogens is 440 g/mol. The van der Waals surface area contributed by atoms with Gasteiger partial charge in [-0.2, -0.15) is 0 Å². The lowest BCUT2D eigenvalue weighted by Crippen LogP contribution is -2.35. The fourth-order valence-electron chi connectivity index (χ4n) is 5.16. The van der Waals surface area contributed by atoms with Gasteiger partial charge >= 0.3 is 5.63 Å². The minimum absolute atomic E-state index is 0.0298. The van der Waals surface area contributed by atoms with Crippen molar-refractivity contribution in [1.29, 1.82) is 0 Å². The minimum Gasteiger partial charge on any atom is -0.464 e. The van der Waals surface area contributed by atoms with Crippen LogP contribution in [0.1, 0.15) is 41.5 Å². The Balaban J connectivity index is 1.14. The summed E-state index contributed by atoms with van der Waals surface area (Å²) >= 11 is 0. The number of amides is 1. The molecule has 0 bridgehead atoms. The van der Waals surface area contributed by atoms with E-state index in [9.17, 15) is 9.59 Å². The average Bonchev–Trinajstić information content (AvgIpc) is 3.22. The number of aryl methyl sites for hydroxylation is 2. The molecule has 0 spiro atoms.